The highest BCUT2D eigenvalue weighted by Gasteiger charge is 2.46. The largest absolute Gasteiger partial charge is 0.484 e. The van der Waals surface area contributed by atoms with Gasteiger partial charge in [-0.3, -0.25) is 0 Å². The second-order valence-corrected chi connectivity index (χ2v) is 13.6. The Bertz CT molecular complexity index is 2480. The Morgan fingerprint density at radius 3 is 2.20 bits per heavy atom. The SMILES string of the molecule is CC12C=CC=CC1Oc1c2cc(-c2cc(-c3ccccc3)cc(-c3ccccc3)n2)c2c1c1c(n2-c2ccccc2)-c2ccccc2C=CC1. The van der Waals surface area contributed by atoms with Crippen molar-refractivity contribution in [1.29, 1.82) is 0 Å². The van der Waals surface area contributed by atoms with Crippen molar-refractivity contribution in [3.05, 3.63) is 181 Å². The van der Waals surface area contributed by atoms with Crippen LogP contribution < -0.4 is 4.74 Å². The van der Waals surface area contributed by atoms with E-state index in [1.165, 1.54) is 33.3 Å². The molecule has 0 saturated carbocycles. The number of nitrogens with zero attached hydrogens (tertiary/aromatic N) is 2. The molecule has 0 saturated heterocycles. The molecule has 0 bridgehead atoms. The van der Waals surface area contributed by atoms with Crippen LogP contribution in [0.5, 0.6) is 5.75 Å². The molecule has 238 valence electrons. The van der Waals surface area contributed by atoms with Crippen LogP contribution in [-0.2, 0) is 11.8 Å². The van der Waals surface area contributed by atoms with Crippen molar-refractivity contribution in [1.82, 2.24) is 9.55 Å². The third kappa shape index (κ3) is 4.33. The van der Waals surface area contributed by atoms with E-state index in [4.69, 9.17) is 9.72 Å². The van der Waals surface area contributed by atoms with Crippen LogP contribution in [0.3, 0.4) is 0 Å². The quantitative estimate of drug-likeness (QED) is 0.191. The van der Waals surface area contributed by atoms with Crippen LogP contribution in [0, 0.1) is 0 Å². The summed E-state index contributed by atoms with van der Waals surface area (Å²) in [6.45, 7) is 2.31. The summed E-state index contributed by atoms with van der Waals surface area (Å²) < 4.78 is 9.53. The van der Waals surface area contributed by atoms with Crippen molar-refractivity contribution in [2.45, 2.75) is 24.9 Å². The van der Waals surface area contributed by atoms with Gasteiger partial charge in [-0.15, -0.1) is 0 Å². The number of ether oxygens (including phenoxy) is 1. The predicted molar refractivity (Wildman–Crippen MR) is 206 cm³/mol. The highest BCUT2D eigenvalue weighted by molar-refractivity contribution is 6.08. The molecule has 2 aromatic heterocycles. The zero-order valence-corrected chi connectivity index (χ0v) is 27.8. The Hall–Kier alpha value is -6.19. The maximum Gasteiger partial charge on any atom is 0.134 e. The molecular weight excluding hydrogens is 609 g/mol. The predicted octanol–water partition coefficient (Wildman–Crippen LogP) is 11.4. The number of para-hydroxylation sites is 1. The van der Waals surface area contributed by atoms with Crippen molar-refractivity contribution in [3.8, 4) is 56.3 Å². The number of aromatic nitrogens is 2. The summed E-state index contributed by atoms with van der Waals surface area (Å²) in [5, 5.41) is 1.17. The Kier molecular flexibility index (Phi) is 6.44. The van der Waals surface area contributed by atoms with Gasteiger partial charge in [-0.25, -0.2) is 4.98 Å². The molecule has 50 heavy (non-hydrogen) atoms. The first kappa shape index (κ1) is 28.8. The Morgan fingerprint density at radius 2 is 1.40 bits per heavy atom. The van der Waals surface area contributed by atoms with Crippen molar-refractivity contribution < 1.29 is 4.74 Å². The summed E-state index contributed by atoms with van der Waals surface area (Å²) in [5.74, 6) is 0.980. The van der Waals surface area contributed by atoms with Crippen LogP contribution >= 0.6 is 0 Å². The summed E-state index contributed by atoms with van der Waals surface area (Å²) in [7, 11) is 0. The van der Waals surface area contributed by atoms with E-state index in [1.807, 2.05) is 0 Å². The van der Waals surface area contributed by atoms with Crippen molar-refractivity contribution in [2.75, 3.05) is 0 Å². The minimum absolute atomic E-state index is 0.0891. The van der Waals surface area contributed by atoms with Crippen molar-refractivity contribution >= 4 is 17.0 Å². The monoisotopic (exact) mass is 642 g/mol. The summed E-state index contributed by atoms with van der Waals surface area (Å²) >= 11 is 0. The number of hydrogen-bond acceptors (Lipinski definition) is 2. The molecule has 3 aliphatic rings. The third-order valence-electron chi connectivity index (χ3n) is 10.7. The molecule has 0 fully saturated rings. The van der Waals surface area contributed by atoms with E-state index in [2.05, 4.69) is 181 Å². The van der Waals surface area contributed by atoms with Crippen LogP contribution in [-0.4, -0.2) is 15.7 Å². The second-order valence-electron chi connectivity index (χ2n) is 13.6. The lowest BCUT2D eigenvalue weighted by atomic mass is 9.75. The molecule has 10 rings (SSSR count). The van der Waals surface area contributed by atoms with Gasteiger partial charge in [0.2, 0.25) is 0 Å². The highest BCUT2D eigenvalue weighted by atomic mass is 16.5. The fourth-order valence-electron chi connectivity index (χ4n) is 8.20. The zero-order valence-electron chi connectivity index (χ0n) is 27.8. The average Bonchev–Trinajstić information content (AvgIpc) is 3.60. The summed E-state index contributed by atoms with van der Waals surface area (Å²) in [4.78, 5) is 5.51. The number of fused-ring (bicyclic) bond motifs is 9. The molecule has 5 aromatic carbocycles. The number of benzene rings is 5. The third-order valence-corrected chi connectivity index (χ3v) is 10.7. The molecule has 3 heteroatoms. The molecule has 3 nitrogen and oxygen atoms in total. The van der Waals surface area contributed by atoms with Crippen molar-refractivity contribution in [3.63, 3.8) is 0 Å². The van der Waals surface area contributed by atoms with Gasteiger partial charge in [-0.1, -0.05) is 134 Å². The number of hydrogen-bond donors (Lipinski definition) is 0. The van der Waals surface area contributed by atoms with Gasteiger partial charge in [0.05, 0.1) is 28.0 Å². The Labute approximate surface area is 292 Å². The molecule has 2 aliphatic carbocycles. The standard InChI is InChI=1S/C47H34N2O/c1-47-27-14-13-26-42(47)50-46-39(47)30-38(41-29-34(31-16-5-2-6-17-31)28-40(48-41)33-19-7-3-8-20-33)45-43(46)37-25-15-21-32-18-11-12-24-36(32)44(37)49(45)35-22-9-4-10-23-35/h2-24,26-30,42H,25H2,1H3. The number of rotatable bonds is 4. The van der Waals surface area contributed by atoms with Crippen LogP contribution in [0.4, 0.5) is 0 Å². The molecule has 7 aromatic rings. The van der Waals surface area contributed by atoms with Gasteiger partial charge < -0.3 is 9.30 Å². The molecular formula is C47H34N2O. The lowest BCUT2D eigenvalue weighted by molar-refractivity contribution is 0.230. The van der Waals surface area contributed by atoms with Crippen molar-refractivity contribution in [2.24, 2.45) is 0 Å². The molecule has 0 N–H and O–H groups in total. The first-order chi connectivity index (χ1) is 24.7. The maximum atomic E-state index is 7.05. The molecule has 3 heterocycles. The van der Waals surface area contributed by atoms with Crippen LogP contribution in [0.2, 0.25) is 0 Å². The van der Waals surface area contributed by atoms with Gasteiger partial charge in [0.15, 0.2) is 0 Å². The van der Waals surface area contributed by atoms with Gasteiger partial charge in [-0.05, 0) is 72.0 Å². The molecule has 0 radical (unpaired) electrons. The topological polar surface area (TPSA) is 27.1 Å². The lowest BCUT2D eigenvalue weighted by Gasteiger charge is -2.27. The van der Waals surface area contributed by atoms with E-state index in [-0.39, 0.29) is 11.5 Å². The Morgan fingerprint density at radius 1 is 0.700 bits per heavy atom. The van der Waals surface area contributed by atoms with E-state index >= 15 is 0 Å². The molecule has 2 unspecified atom stereocenters. The normalized spacial score (nSPS) is 18.2. The van der Waals surface area contributed by atoms with E-state index in [0.29, 0.717) is 0 Å². The molecule has 0 amide bonds. The summed E-state index contributed by atoms with van der Waals surface area (Å²) in [6.07, 6.45) is 14.1. The van der Waals surface area contributed by atoms with Crippen LogP contribution in [0.1, 0.15) is 23.6 Å². The minimum Gasteiger partial charge on any atom is -0.484 e. The number of pyridine rings is 1. The fourth-order valence-corrected chi connectivity index (χ4v) is 8.20. The van der Waals surface area contributed by atoms with E-state index in [1.54, 1.807) is 0 Å². The van der Waals surface area contributed by atoms with Gasteiger partial charge in [-0.2, -0.15) is 0 Å². The van der Waals surface area contributed by atoms with Gasteiger partial charge in [0, 0.05) is 33.3 Å². The second kappa shape index (κ2) is 11.2. The van der Waals surface area contributed by atoms with Crippen LogP contribution in [0.15, 0.2) is 164 Å². The van der Waals surface area contributed by atoms with Crippen LogP contribution in [0.25, 0.3) is 67.6 Å². The average molecular weight is 643 g/mol. The lowest BCUT2D eigenvalue weighted by Crippen LogP contribution is -2.32. The van der Waals surface area contributed by atoms with Gasteiger partial charge in [0.25, 0.3) is 0 Å². The zero-order chi connectivity index (χ0) is 33.2. The number of allylic oxidation sites excluding steroid dienone is 3. The van der Waals surface area contributed by atoms with E-state index < -0.39 is 0 Å². The smallest absolute Gasteiger partial charge is 0.134 e. The Balaban J connectivity index is 1.38. The van der Waals surface area contributed by atoms with Gasteiger partial charge >= 0.3 is 0 Å². The summed E-state index contributed by atoms with van der Waals surface area (Å²) in [6, 6.07) is 47.6. The first-order valence-electron chi connectivity index (χ1n) is 17.4. The molecule has 2 atom stereocenters. The highest BCUT2D eigenvalue weighted by Crippen LogP contribution is 2.55. The van der Waals surface area contributed by atoms with E-state index in [9.17, 15) is 0 Å². The first-order valence-corrected chi connectivity index (χ1v) is 17.4. The van der Waals surface area contributed by atoms with Gasteiger partial charge in [0.1, 0.15) is 11.9 Å². The molecule has 0 spiro atoms. The fraction of sp³-hybridized carbons (Fsp3) is 0.0851. The summed E-state index contributed by atoms with van der Waals surface area (Å²) in [5.41, 5.74) is 14.4. The van der Waals surface area contributed by atoms with E-state index in [0.717, 1.165) is 57.0 Å². The molecule has 1 aliphatic heterocycles. The minimum atomic E-state index is -0.313. The maximum absolute atomic E-state index is 7.05.